The van der Waals surface area contributed by atoms with E-state index in [-0.39, 0.29) is 17.0 Å². The van der Waals surface area contributed by atoms with Gasteiger partial charge in [-0.3, -0.25) is 4.79 Å². The lowest BCUT2D eigenvalue weighted by Gasteiger charge is -2.09. The molecule has 0 unspecified atom stereocenters. The van der Waals surface area contributed by atoms with E-state index in [1.807, 2.05) is 6.92 Å². The van der Waals surface area contributed by atoms with Gasteiger partial charge >= 0.3 is 5.97 Å². The number of esters is 1. The predicted octanol–water partition coefficient (Wildman–Crippen LogP) is 2.85. The average Bonchev–Trinajstić information content (AvgIpc) is 2.63. The minimum atomic E-state index is -3.59. The van der Waals surface area contributed by atoms with Gasteiger partial charge in [-0.25, -0.2) is 17.9 Å². The molecule has 0 bridgehead atoms. The van der Waals surface area contributed by atoms with Crippen LogP contribution >= 0.6 is 15.9 Å². The van der Waals surface area contributed by atoms with Crippen molar-refractivity contribution in [3.05, 3.63) is 58.1 Å². The second kappa shape index (κ2) is 9.12. The Morgan fingerprint density at radius 1 is 1.11 bits per heavy atom. The van der Waals surface area contributed by atoms with Crippen molar-refractivity contribution < 1.29 is 22.7 Å². The Kier molecular flexibility index (Phi) is 7.11. The number of anilines is 1. The first kappa shape index (κ1) is 21.1. The number of sulfonamides is 1. The zero-order valence-electron chi connectivity index (χ0n) is 14.8. The van der Waals surface area contributed by atoms with Crippen molar-refractivity contribution in [1.82, 2.24) is 4.72 Å². The lowest BCUT2D eigenvalue weighted by molar-refractivity contribution is -0.119. The number of nitrogens with one attached hydrogen (secondary N) is 2. The topological polar surface area (TPSA) is 102 Å². The fourth-order valence-electron chi connectivity index (χ4n) is 2.18. The van der Waals surface area contributed by atoms with Crippen LogP contribution in [0.4, 0.5) is 5.69 Å². The molecule has 0 heterocycles. The number of carbonyl (C=O) groups excluding carboxylic acids is 2. The SMILES string of the molecule is CCNS(=O)(=O)c1ccc(C(=O)OCC(=O)Nc2ccc(Br)c(C)c2)cc1. The highest BCUT2D eigenvalue weighted by Gasteiger charge is 2.15. The first-order valence-corrected chi connectivity index (χ1v) is 10.3. The van der Waals surface area contributed by atoms with Crippen molar-refractivity contribution in [2.45, 2.75) is 18.7 Å². The van der Waals surface area contributed by atoms with E-state index in [1.54, 1.807) is 25.1 Å². The quantitative estimate of drug-likeness (QED) is 0.626. The van der Waals surface area contributed by atoms with Crippen LogP contribution in [0.15, 0.2) is 51.8 Å². The maximum Gasteiger partial charge on any atom is 0.338 e. The van der Waals surface area contributed by atoms with E-state index in [0.29, 0.717) is 5.69 Å². The van der Waals surface area contributed by atoms with Gasteiger partial charge in [-0.15, -0.1) is 0 Å². The lowest BCUT2D eigenvalue weighted by atomic mass is 10.2. The summed E-state index contributed by atoms with van der Waals surface area (Å²) in [6, 6.07) is 10.6. The summed E-state index contributed by atoms with van der Waals surface area (Å²) in [4.78, 5) is 24.0. The van der Waals surface area contributed by atoms with Crippen LogP contribution in [0.1, 0.15) is 22.8 Å². The molecule has 2 aromatic rings. The lowest BCUT2D eigenvalue weighted by Crippen LogP contribution is -2.23. The van der Waals surface area contributed by atoms with E-state index in [0.717, 1.165) is 10.0 Å². The molecule has 2 N–H and O–H groups in total. The summed E-state index contributed by atoms with van der Waals surface area (Å²) in [7, 11) is -3.59. The summed E-state index contributed by atoms with van der Waals surface area (Å²) in [5.41, 5.74) is 1.70. The molecule has 27 heavy (non-hydrogen) atoms. The molecule has 0 aliphatic carbocycles. The fraction of sp³-hybridized carbons (Fsp3) is 0.222. The molecule has 0 spiro atoms. The predicted molar refractivity (Wildman–Crippen MR) is 105 cm³/mol. The standard InChI is InChI=1S/C18H19BrN2O5S/c1-3-20-27(24,25)15-7-4-13(5-8-15)18(23)26-11-17(22)21-14-6-9-16(19)12(2)10-14/h4-10,20H,3,11H2,1-2H3,(H,21,22). The van der Waals surface area contributed by atoms with Gasteiger partial charge in [0.2, 0.25) is 10.0 Å². The van der Waals surface area contributed by atoms with Crippen molar-refractivity contribution in [3.63, 3.8) is 0 Å². The summed E-state index contributed by atoms with van der Waals surface area (Å²) >= 11 is 3.37. The Labute approximate surface area is 166 Å². The van der Waals surface area contributed by atoms with E-state index in [4.69, 9.17) is 4.74 Å². The summed E-state index contributed by atoms with van der Waals surface area (Å²) in [6.07, 6.45) is 0. The Morgan fingerprint density at radius 3 is 2.37 bits per heavy atom. The molecule has 1 amide bonds. The number of aryl methyl sites for hydroxylation is 1. The number of amides is 1. The summed E-state index contributed by atoms with van der Waals surface area (Å²) in [6.45, 7) is 3.37. The third-order valence-corrected chi connectivity index (χ3v) is 5.96. The molecule has 7 nitrogen and oxygen atoms in total. The maximum absolute atomic E-state index is 12.0. The van der Waals surface area contributed by atoms with Crippen molar-refractivity contribution >= 4 is 43.5 Å². The maximum atomic E-state index is 12.0. The van der Waals surface area contributed by atoms with Gasteiger partial charge in [-0.2, -0.15) is 0 Å². The van der Waals surface area contributed by atoms with Gasteiger partial charge in [-0.1, -0.05) is 22.9 Å². The molecule has 2 rings (SSSR count). The van der Waals surface area contributed by atoms with Crippen molar-refractivity contribution in [2.75, 3.05) is 18.5 Å². The third kappa shape index (κ3) is 5.88. The molecule has 2 aromatic carbocycles. The van der Waals surface area contributed by atoms with E-state index >= 15 is 0 Å². The Morgan fingerprint density at radius 2 is 1.78 bits per heavy atom. The summed E-state index contributed by atoms with van der Waals surface area (Å²) in [5.74, 6) is -1.19. The van der Waals surface area contributed by atoms with Crippen LogP contribution in [0.5, 0.6) is 0 Å². The largest absolute Gasteiger partial charge is 0.452 e. The molecule has 144 valence electrons. The first-order chi connectivity index (χ1) is 12.7. The number of carbonyl (C=O) groups is 2. The summed E-state index contributed by atoms with van der Waals surface area (Å²) < 4.78 is 32.0. The van der Waals surface area contributed by atoms with Gasteiger partial charge in [0.05, 0.1) is 10.5 Å². The highest BCUT2D eigenvalue weighted by molar-refractivity contribution is 9.10. The molecule has 0 radical (unpaired) electrons. The molecule has 0 fully saturated rings. The van der Waals surface area contributed by atoms with E-state index in [2.05, 4.69) is 26.0 Å². The van der Waals surface area contributed by atoms with Gasteiger partial charge in [0, 0.05) is 16.7 Å². The van der Waals surface area contributed by atoms with Gasteiger partial charge in [0.25, 0.3) is 5.91 Å². The van der Waals surface area contributed by atoms with Gasteiger partial charge in [0.1, 0.15) is 0 Å². The Hall–Kier alpha value is -2.23. The molecule has 0 aliphatic heterocycles. The van der Waals surface area contributed by atoms with Crippen LogP contribution in [0.3, 0.4) is 0 Å². The van der Waals surface area contributed by atoms with Crippen LogP contribution in [-0.4, -0.2) is 33.4 Å². The van der Waals surface area contributed by atoms with E-state index < -0.39 is 28.5 Å². The van der Waals surface area contributed by atoms with Crippen LogP contribution < -0.4 is 10.0 Å². The molecule has 0 atom stereocenters. The average molecular weight is 455 g/mol. The molecular weight excluding hydrogens is 436 g/mol. The van der Waals surface area contributed by atoms with Crippen LogP contribution in [0.2, 0.25) is 0 Å². The second-order valence-electron chi connectivity index (χ2n) is 5.61. The number of benzene rings is 2. The smallest absolute Gasteiger partial charge is 0.338 e. The highest BCUT2D eigenvalue weighted by Crippen LogP contribution is 2.20. The minimum absolute atomic E-state index is 0.0456. The second-order valence-corrected chi connectivity index (χ2v) is 8.24. The molecular formula is C18H19BrN2O5S. The zero-order chi connectivity index (χ0) is 20.0. The van der Waals surface area contributed by atoms with Crippen LogP contribution in [-0.2, 0) is 19.6 Å². The van der Waals surface area contributed by atoms with Gasteiger partial charge in [-0.05, 0) is 55.0 Å². The number of hydrogen-bond acceptors (Lipinski definition) is 5. The minimum Gasteiger partial charge on any atom is -0.452 e. The highest BCUT2D eigenvalue weighted by atomic mass is 79.9. The first-order valence-electron chi connectivity index (χ1n) is 8.06. The number of ether oxygens (including phenoxy) is 1. The third-order valence-electron chi connectivity index (χ3n) is 3.51. The normalized spacial score (nSPS) is 11.1. The van der Waals surface area contributed by atoms with Gasteiger partial charge < -0.3 is 10.1 Å². The number of rotatable bonds is 7. The van der Waals surface area contributed by atoms with Crippen molar-refractivity contribution in [1.29, 1.82) is 0 Å². The number of hydrogen-bond donors (Lipinski definition) is 2. The van der Waals surface area contributed by atoms with E-state index in [1.165, 1.54) is 24.3 Å². The molecule has 0 saturated carbocycles. The molecule has 0 aliphatic rings. The monoisotopic (exact) mass is 454 g/mol. The van der Waals surface area contributed by atoms with Crippen molar-refractivity contribution in [2.24, 2.45) is 0 Å². The van der Waals surface area contributed by atoms with Crippen LogP contribution in [0, 0.1) is 6.92 Å². The van der Waals surface area contributed by atoms with E-state index in [9.17, 15) is 18.0 Å². The summed E-state index contributed by atoms with van der Waals surface area (Å²) in [5, 5.41) is 2.64. The van der Waals surface area contributed by atoms with Crippen LogP contribution in [0.25, 0.3) is 0 Å². The Balaban J connectivity index is 1.93. The fourth-order valence-corrected chi connectivity index (χ4v) is 3.47. The Bertz CT molecular complexity index is 943. The molecule has 0 saturated heterocycles. The number of halogens is 1. The zero-order valence-corrected chi connectivity index (χ0v) is 17.2. The molecule has 9 heteroatoms. The van der Waals surface area contributed by atoms with Gasteiger partial charge in [0.15, 0.2) is 6.61 Å². The molecule has 0 aromatic heterocycles. The van der Waals surface area contributed by atoms with Crippen molar-refractivity contribution in [3.8, 4) is 0 Å².